The van der Waals surface area contributed by atoms with Gasteiger partial charge < -0.3 is 11.1 Å². The zero-order valence-corrected chi connectivity index (χ0v) is 14.8. The summed E-state index contributed by atoms with van der Waals surface area (Å²) in [6.45, 7) is 0.470. The molecule has 2 amide bonds. The molecular formula is C16H20N4O2S2. The van der Waals surface area contributed by atoms with Gasteiger partial charge in [0.15, 0.2) is 5.13 Å². The molecule has 0 bridgehead atoms. The summed E-state index contributed by atoms with van der Waals surface area (Å²) < 4.78 is 0. The zero-order chi connectivity index (χ0) is 17.0. The molecular weight excluding hydrogens is 344 g/mol. The van der Waals surface area contributed by atoms with Gasteiger partial charge in [0.25, 0.3) is 5.91 Å². The highest BCUT2D eigenvalue weighted by molar-refractivity contribution is 7.14. The van der Waals surface area contributed by atoms with E-state index >= 15 is 0 Å². The maximum Gasteiger partial charge on any atom is 0.267 e. The number of nitrogens with zero attached hydrogens (tertiary/aromatic N) is 1. The van der Waals surface area contributed by atoms with Crippen LogP contribution in [-0.2, 0) is 11.2 Å². The van der Waals surface area contributed by atoms with E-state index in [2.05, 4.69) is 15.6 Å². The SMILES string of the molecule is NCC1(NC(=O)Cc2csc(NC(=O)c3cccs3)n2)CCCC1. The average Bonchev–Trinajstić information content (AvgIpc) is 3.29. The van der Waals surface area contributed by atoms with Crippen molar-refractivity contribution in [3.8, 4) is 0 Å². The molecule has 0 aromatic carbocycles. The maximum absolute atomic E-state index is 12.3. The van der Waals surface area contributed by atoms with Gasteiger partial charge in [-0.2, -0.15) is 0 Å². The van der Waals surface area contributed by atoms with Crippen LogP contribution in [-0.4, -0.2) is 28.9 Å². The Morgan fingerprint density at radius 2 is 2.08 bits per heavy atom. The number of nitrogens with one attached hydrogen (secondary N) is 2. The molecule has 6 nitrogen and oxygen atoms in total. The first-order valence-corrected chi connectivity index (χ1v) is 9.66. The van der Waals surface area contributed by atoms with Crippen LogP contribution in [0.4, 0.5) is 5.13 Å². The van der Waals surface area contributed by atoms with E-state index in [1.807, 2.05) is 11.4 Å². The van der Waals surface area contributed by atoms with Gasteiger partial charge in [-0.3, -0.25) is 14.9 Å². The van der Waals surface area contributed by atoms with E-state index in [1.165, 1.54) is 22.7 Å². The lowest BCUT2D eigenvalue weighted by Crippen LogP contribution is -2.52. The number of amides is 2. The van der Waals surface area contributed by atoms with Crippen molar-refractivity contribution in [2.75, 3.05) is 11.9 Å². The normalized spacial score (nSPS) is 16.0. The number of hydrogen-bond acceptors (Lipinski definition) is 6. The molecule has 3 rings (SSSR count). The quantitative estimate of drug-likeness (QED) is 0.733. The lowest BCUT2D eigenvalue weighted by molar-refractivity contribution is -0.122. The van der Waals surface area contributed by atoms with Gasteiger partial charge in [-0.05, 0) is 24.3 Å². The van der Waals surface area contributed by atoms with Crippen LogP contribution >= 0.6 is 22.7 Å². The van der Waals surface area contributed by atoms with Crippen LogP contribution in [0.25, 0.3) is 0 Å². The summed E-state index contributed by atoms with van der Waals surface area (Å²) in [6, 6.07) is 3.59. The molecule has 0 aliphatic heterocycles. The first-order chi connectivity index (χ1) is 11.6. The Bertz CT molecular complexity index is 705. The summed E-state index contributed by atoms with van der Waals surface area (Å²) >= 11 is 2.70. The molecule has 0 unspecified atom stereocenters. The largest absolute Gasteiger partial charge is 0.349 e. The minimum absolute atomic E-state index is 0.0659. The standard InChI is InChI=1S/C16H20N4O2S2/c17-10-16(5-1-2-6-16)20-13(21)8-11-9-24-15(18-11)19-14(22)12-4-3-7-23-12/h3-4,7,9H,1-2,5-6,8,10,17H2,(H,20,21)(H,18,19,22). The molecule has 2 heterocycles. The maximum atomic E-state index is 12.3. The number of carbonyl (C=O) groups excluding carboxylic acids is 2. The number of rotatable bonds is 6. The summed E-state index contributed by atoms with van der Waals surface area (Å²) in [7, 11) is 0. The van der Waals surface area contributed by atoms with E-state index in [0.717, 1.165) is 25.7 Å². The molecule has 2 aromatic rings. The van der Waals surface area contributed by atoms with Gasteiger partial charge in [-0.15, -0.1) is 22.7 Å². The number of carbonyl (C=O) groups is 2. The number of thiazole rings is 1. The van der Waals surface area contributed by atoms with Crippen LogP contribution < -0.4 is 16.4 Å². The number of thiophene rings is 1. The Morgan fingerprint density at radius 3 is 2.75 bits per heavy atom. The summed E-state index contributed by atoms with van der Waals surface area (Å²) in [5.41, 5.74) is 6.25. The second-order valence-corrected chi connectivity index (χ2v) is 7.80. The topological polar surface area (TPSA) is 97.1 Å². The van der Waals surface area contributed by atoms with E-state index in [4.69, 9.17) is 5.73 Å². The van der Waals surface area contributed by atoms with E-state index in [9.17, 15) is 9.59 Å². The minimum atomic E-state index is -0.247. The Balaban J connectivity index is 1.55. The molecule has 2 aromatic heterocycles. The molecule has 1 aliphatic carbocycles. The molecule has 0 radical (unpaired) electrons. The molecule has 1 aliphatic rings. The van der Waals surface area contributed by atoms with Crippen molar-refractivity contribution in [2.45, 2.75) is 37.6 Å². The number of aromatic nitrogens is 1. The Kier molecular flexibility index (Phi) is 5.27. The van der Waals surface area contributed by atoms with Gasteiger partial charge in [0.05, 0.1) is 22.5 Å². The molecule has 128 valence electrons. The van der Waals surface area contributed by atoms with Gasteiger partial charge in [-0.25, -0.2) is 4.98 Å². The van der Waals surface area contributed by atoms with Crippen LogP contribution in [0.2, 0.25) is 0 Å². The van der Waals surface area contributed by atoms with Crippen molar-refractivity contribution in [3.63, 3.8) is 0 Å². The number of nitrogens with two attached hydrogens (primary N) is 1. The predicted molar refractivity (Wildman–Crippen MR) is 96.5 cm³/mol. The summed E-state index contributed by atoms with van der Waals surface area (Å²) in [5, 5.41) is 9.99. The van der Waals surface area contributed by atoms with Gasteiger partial charge >= 0.3 is 0 Å². The van der Waals surface area contributed by atoms with E-state index < -0.39 is 0 Å². The smallest absolute Gasteiger partial charge is 0.267 e. The van der Waals surface area contributed by atoms with Gasteiger partial charge in [0.1, 0.15) is 0 Å². The van der Waals surface area contributed by atoms with E-state index in [1.54, 1.807) is 11.4 Å². The lowest BCUT2D eigenvalue weighted by Gasteiger charge is -2.28. The highest BCUT2D eigenvalue weighted by Gasteiger charge is 2.33. The Morgan fingerprint density at radius 1 is 1.29 bits per heavy atom. The minimum Gasteiger partial charge on any atom is -0.349 e. The molecule has 1 fully saturated rings. The third kappa shape index (κ3) is 4.00. The van der Waals surface area contributed by atoms with Crippen LogP contribution in [0.5, 0.6) is 0 Å². The van der Waals surface area contributed by atoms with Crippen molar-refractivity contribution in [2.24, 2.45) is 5.73 Å². The van der Waals surface area contributed by atoms with Gasteiger partial charge in [0.2, 0.25) is 5.91 Å². The van der Waals surface area contributed by atoms with Crippen molar-refractivity contribution < 1.29 is 9.59 Å². The third-order valence-electron chi connectivity index (χ3n) is 4.21. The monoisotopic (exact) mass is 364 g/mol. The molecule has 8 heteroatoms. The fourth-order valence-electron chi connectivity index (χ4n) is 2.95. The van der Waals surface area contributed by atoms with E-state index in [-0.39, 0.29) is 23.8 Å². The van der Waals surface area contributed by atoms with Crippen molar-refractivity contribution in [1.29, 1.82) is 0 Å². The van der Waals surface area contributed by atoms with Crippen LogP contribution in [0.15, 0.2) is 22.9 Å². The second kappa shape index (κ2) is 7.42. The van der Waals surface area contributed by atoms with Gasteiger partial charge in [-0.1, -0.05) is 18.9 Å². The molecule has 0 spiro atoms. The van der Waals surface area contributed by atoms with Crippen LogP contribution in [0.1, 0.15) is 41.0 Å². The first kappa shape index (κ1) is 17.1. The summed E-state index contributed by atoms with van der Waals surface area (Å²) in [4.78, 5) is 29.2. The highest BCUT2D eigenvalue weighted by atomic mass is 32.1. The average molecular weight is 364 g/mol. The number of anilines is 1. The fraction of sp³-hybridized carbons (Fsp3) is 0.438. The summed E-state index contributed by atoms with van der Waals surface area (Å²) in [6.07, 6.45) is 4.29. The third-order valence-corrected chi connectivity index (χ3v) is 5.89. The molecule has 1 saturated carbocycles. The second-order valence-electron chi connectivity index (χ2n) is 5.99. The molecule has 0 atom stereocenters. The Hall–Kier alpha value is -1.77. The fourth-order valence-corrected chi connectivity index (χ4v) is 4.27. The first-order valence-electron chi connectivity index (χ1n) is 7.91. The molecule has 4 N–H and O–H groups in total. The molecule has 24 heavy (non-hydrogen) atoms. The predicted octanol–water partition coefficient (Wildman–Crippen LogP) is 2.39. The lowest BCUT2D eigenvalue weighted by atomic mass is 9.97. The van der Waals surface area contributed by atoms with Crippen molar-refractivity contribution in [1.82, 2.24) is 10.3 Å². The zero-order valence-electron chi connectivity index (χ0n) is 13.2. The molecule has 0 saturated heterocycles. The van der Waals surface area contributed by atoms with Crippen molar-refractivity contribution >= 4 is 39.6 Å². The van der Waals surface area contributed by atoms with Gasteiger partial charge in [0, 0.05) is 11.9 Å². The van der Waals surface area contributed by atoms with Crippen molar-refractivity contribution in [3.05, 3.63) is 33.5 Å². The Labute approximate surface area is 148 Å². The van der Waals surface area contributed by atoms with Crippen LogP contribution in [0.3, 0.4) is 0 Å². The summed E-state index contributed by atoms with van der Waals surface area (Å²) in [5.74, 6) is -0.243. The van der Waals surface area contributed by atoms with Crippen LogP contribution in [0, 0.1) is 0 Å². The van der Waals surface area contributed by atoms with E-state index in [0.29, 0.717) is 22.2 Å². The number of hydrogen-bond donors (Lipinski definition) is 3. The highest BCUT2D eigenvalue weighted by Crippen LogP contribution is 2.28.